The Morgan fingerprint density at radius 1 is 1.05 bits per heavy atom. The second kappa shape index (κ2) is 6.20. The summed E-state index contributed by atoms with van der Waals surface area (Å²) >= 11 is 0. The number of ether oxygens (including phenoxy) is 1. The average molecular weight is 269 g/mol. The number of methoxy groups -OCH3 is 1. The van der Waals surface area contributed by atoms with Gasteiger partial charge in [0.05, 0.1) is 13.2 Å². The van der Waals surface area contributed by atoms with Crippen molar-refractivity contribution >= 4 is 0 Å². The predicted molar refractivity (Wildman–Crippen MR) is 75.0 cm³/mol. The fourth-order valence-electron chi connectivity index (χ4n) is 2.00. The molecule has 0 spiro atoms. The van der Waals surface area contributed by atoms with E-state index in [4.69, 9.17) is 10.00 Å². The summed E-state index contributed by atoms with van der Waals surface area (Å²) in [7, 11) is 1.61. The highest BCUT2D eigenvalue weighted by molar-refractivity contribution is 5.70. The van der Waals surface area contributed by atoms with E-state index in [2.05, 4.69) is 0 Å². The van der Waals surface area contributed by atoms with E-state index >= 15 is 0 Å². The molecule has 0 saturated carbocycles. The van der Waals surface area contributed by atoms with E-state index in [1.165, 1.54) is 0 Å². The van der Waals surface area contributed by atoms with Crippen molar-refractivity contribution in [2.75, 3.05) is 7.11 Å². The van der Waals surface area contributed by atoms with E-state index < -0.39 is 12.2 Å². The summed E-state index contributed by atoms with van der Waals surface area (Å²) in [6.45, 7) is 0. The Morgan fingerprint density at radius 2 is 1.70 bits per heavy atom. The summed E-state index contributed by atoms with van der Waals surface area (Å²) in [6, 6.07) is 16.2. The SMILES string of the molecule is COc1ccccc1-c1ccc(C(O)C(O)C#N)cc1. The smallest absolute Gasteiger partial charge is 0.170 e. The monoisotopic (exact) mass is 269 g/mol. The Kier molecular flexibility index (Phi) is 4.36. The van der Waals surface area contributed by atoms with E-state index in [0.29, 0.717) is 5.56 Å². The van der Waals surface area contributed by atoms with Gasteiger partial charge >= 0.3 is 0 Å². The number of aliphatic hydroxyl groups excluding tert-OH is 2. The van der Waals surface area contributed by atoms with Crippen LogP contribution >= 0.6 is 0 Å². The molecule has 0 amide bonds. The highest BCUT2D eigenvalue weighted by Gasteiger charge is 2.17. The van der Waals surface area contributed by atoms with Crippen LogP contribution in [0.15, 0.2) is 48.5 Å². The second-order valence-corrected chi connectivity index (χ2v) is 4.34. The summed E-state index contributed by atoms with van der Waals surface area (Å²) in [6.07, 6.45) is -2.63. The molecule has 2 atom stereocenters. The first-order chi connectivity index (χ1) is 9.67. The maximum Gasteiger partial charge on any atom is 0.170 e. The molecular formula is C16H15NO3. The highest BCUT2D eigenvalue weighted by atomic mass is 16.5. The van der Waals surface area contributed by atoms with Gasteiger partial charge in [0.15, 0.2) is 6.10 Å². The van der Waals surface area contributed by atoms with E-state index in [9.17, 15) is 10.2 Å². The molecule has 0 saturated heterocycles. The Morgan fingerprint density at radius 3 is 2.30 bits per heavy atom. The average Bonchev–Trinajstić information content (AvgIpc) is 2.53. The first-order valence-electron chi connectivity index (χ1n) is 6.16. The molecule has 0 heterocycles. The first kappa shape index (κ1) is 14.1. The van der Waals surface area contributed by atoms with Crippen LogP contribution in [0.4, 0.5) is 0 Å². The number of hydrogen-bond donors (Lipinski definition) is 2. The molecule has 0 aromatic heterocycles. The Balaban J connectivity index is 2.31. The maximum atomic E-state index is 9.75. The molecule has 0 aliphatic rings. The zero-order chi connectivity index (χ0) is 14.5. The van der Waals surface area contributed by atoms with Crippen LogP contribution in [-0.4, -0.2) is 23.4 Å². The number of aliphatic hydroxyl groups is 2. The number of hydrogen-bond acceptors (Lipinski definition) is 4. The molecule has 20 heavy (non-hydrogen) atoms. The van der Waals surface area contributed by atoms with Gasteiger partial charge in [-0.25, -0.2) is 0 Å². The number of nitrogens with zero attached hydrogens (tertiary/aromatic N) is 1. The van der Waals surface area contributed by atoms with E-state index in [-0.39, 0.29) is 0 Å². The summed E-state index contributed by atoms with van der Waals surface area (Å²) in [5.74, 6) is 0.762. The molecule has 0 bridgehead atoms. The van der Waals surface area contributed by atoms with Crippen molar-refractivity contribution in [1.29, 1.82) is 5.26 Å². The number of nitriles is 1. The lowest BCUT2D eigenvalue weighted by Gasteiger charge is -2.13. The fourth-order valence-corrected chi connectivity index (χ4v) is 2.00. The third-order valence-corrected chi connectivity index (χ3v) is 3.10. The molecule has 0 fully saturated rings. The zero-order valence-corrected chi connectivity index (χ0v) is 11.0. The zero-order valence-electron chi connectivity index (χ0n) is 11.0. The van der Waals surface area contributed by atoms with Gasteiger partial charge in [-0.05, 0) is 17.2 Å². The lowest BCUT2D eigenvalue weighted by molar-refractivity contribution is 0.0528. The van der Waals surface area contributed by atoms with Crippen LogP contribution in [0.5, 0.6) is 5.75 Å². The van der Waals surface area contributed by atoms with E-state index in [0.717, 1.165) is 16.9 Å². The van der Waals surface area contributed by atoms with Crippen LogP contribution in [0.3, 0.4) is 0 Å². The Labute approximate surface area is 117 Å². The van der Waals surface area contributed by atoms with Crippen LogP contribution in [0.1, 0.15) is 11.7 Å². The Bertz CT molecular complexity index is 616. The van der Waals surface area contributed by atoms with Gasteiger partial charge in [-0.1, -0.05) is 42.5 Å². The molecule has 2 N–H and O–H groups in total. The maximum absolute atomic E-state index is 9.75. The molecule has 4 nitrogen and oxygen atoms in total. The molecule has 0 aliphatic carbocycles. The minimum absolute atomic E-state index is 0.498. The van der Waals surface area contributed by atoms with E-state index in [1.807, 2.05) is 36.4 Å². The number of para-hydroxylation sites is 1. The molecular weight excluding hydrogens is 254 g/mol. The molecule has 102 valence electrons. The van der Waals surface area contributed by atoms with Gasteiger partial charge < -0.3 is 14.9 Å². The van der Waals surface area contributed by atoms with Gasteiger partial charge in [0.1, 0.15) is 11.9 Å². The predicted octanol–water partition coefficient (Wildman–Crippen LogP) is 2.28. The molecule has 2 aromatic rings. The van der Waals surface area contributed by atoms with Crippen LogP contribution in [0, 0.1) is 11.3 Å². The van der Waals surface area contributed by atoms with Gasteiger partial charge in [0.2, 0.25) is 0 Å². The lowest BCUT2D eigenvalue weighted by atomic mass is 9.99. The van der Waals surface area contributed by atoms with Gasteiger partial charge in [0.25, 0.3) is 0 Å². The summed E-state index contributed by atoms with van der Waals surface area (Å²) in [5, 5.41) is 27.7. The van der Waals surface area contributed by atoms with Crippen molar-refractivity contribution in [2.24, 2.45) is 0 Å². The van der Waals surface area contributed by atoms with Gasteiger partial charge in [0, 0.05) is 5.56 Å². The van der Waals surface area contributed by atoms with Crippen LogP contribution in [0.25, 0.3) is 11.1 Å². The van der Waals surface area contributed by atoms with Crippen molar-refractivity contribution in [1.82, 2.24) is 0 Å². The minimum atomic E-state index is -1.42. The van der Waals surface area contributed by atoms with Gasteiger partial charge in [-0.15, -0.1) is 0 Å². The highest BCUT2D eigenvalue weighted by Crippen LogP contribution is 2.30. The molecule has 2 rings (SSSR count). The first-order valence-corrected chi connectivity index (χ1v) is 6.16. The molecule has 4 heteroatoms. The lowest BCUT2D eigenvalue weighted by Crippen LogP contribution is -2.15. The molecule has 0 radical (unpaired) electrons. The van der Waals surface area contributed by atoms with E-state index in [1.54, 1.807) is 25.3 Å². The second-order valence-electron chi connectivity index (χ2n) is 4.34. The van der Waals surface area contributed by atoms with Crippen molar-refractivity contribution < 1.29 is 14.9 Å². The summed E-state index contributed by atoms with van der Waals surface area (Å²) < 4.78 is 5.30. The molecule has 2 unspecified atom stereocenters. The number of rotatable bonds is 4. The third-order valence-electron chi connectivity index (χ3n) is 3.10. The van der Waals surface area contributed by atoms with Crippen molar-refractivity contribution in [3.63, 3.8) is 0 Å². The van der Waals surface area contributed by atoms with Gasteiger partial charge in [-0.2, -0.15) is 5.26 Å². The summed E-state index contributed by atoms with van der Waals surface area (Å²) in [5.41, 5.74) is 2.37. The van der Waals surface area contributed by atoms with Gasteiger partial charge in [-0.3, -0.25) is 0 Å². The van der Waals surface area contributed by atoms with Crippen LogP contribution in [-0.2, 0) is 0 Å². The van der Waals surface area contributed by atoms with Crippen LogP contribution < -0.4 is 4.74 Å². The normalized spacial score (nSPS) is 13.3. The van der Waals surface area contributed by atoms with Crippen molar-refractivity contribution in [3.8, 4) is 22.9 Å². The Hall–Kier alpha value is -2.35. The molecule has 2 aromatic carbocycles. The fraction of sp³-hybridized carbons (Fsp3) is 0.188. The minimum Gasteiger partial charge on any atom is -0.496 e. The van der Waals surface area contributed by atoms with Crippen molar-refractivity contribution in [2.45, 2.75) is 12.2 Å². The standard InChI is InChI=1S/C16H15NO3/c1-20-15-5-3-2-4-13(15)11-6-8-12(9-7-11)16(19)14(18)10-17/h2-9,14,16,18-19H,1H3. The third kappa shape index (κ3) is 2.80. The number of benzene rings is 2. The summed E-state index contributed by atoms with van der Waals surface area (Å²) in [4.78, 5) is 0. The topological polar surface area (TPSA) is 73.5 Å². The quantitative estimate of drug-likeness (QED) is 0.835. The molecule has 0 aliphatic heterocycles. The van der Waals surface area contributed by atoms with Crippen LogP contribution in [0.2, 0.25) is 0 Å². The van der Waals surface area contributed by atoms with Crippen molar-refractivity contribution in [3.05, 3.63) is 54.1 Å². The largest absolute Gasteiger partial charge is 0.496 e.